The molecule has 1 unspecified atom stereocenters. The van der Waals surface area contributed by atoms with Gasteiger partial charge in [-0.05, 0) is 46.7 Å². The van der Waals surface area contributed by atoms with Crippen LogP contribution in [0.2, 0.25) is 0 Å². The van der Waals surface area contributed by atoms with Gasteiger partial charge in [0, 0.05) is 12.5 Å². The van der Waals surface area contributed by atoms with Crippen molar-refractivity contribution < 1.29 is 5.11 Å². The van der Waals surface area contributed by atoms with E-state index in [0.29, 0.717) is 6.42 Å². The predicted molar refractivity (Wildman–Crippen MR) is 72.5 cm³/mol. The topological polar surface area (TPSA) is 63.0 Å². The van der Waals surface area contributed by atoms with E-state index in [9.17, 15) is 5.11 Å². The Bertz CT molecular complexity index is 347. The maximum atomic E-state index is 10.4. The van der Waals surface area contributed by atoms with E-state index < -0.39 is 5.60 Å². The van der Waals surface area contributed by atoms with Gasteiger partial charge in [0.1, 0.15) is 12.2 Å². The lowest BCUT2D eigenvalue weighted by atomic mass is 9.97. The third kappa shape index (κ3) is 4.74. The summed E-state index contributed by atoms with van der Waals surface area (Å²) in [7, 11) is 0. The smallest absolute Gasteiger partial charge is 0.138 e. The molecule has 1 rings (SSSR count). The zero-order valence-electron chi connectivity index (χ0n) is 12.0. The standard InChI is InChI=1S/C13H26N4O/c1-5-7-14-8-6-13(4,18)9-12-15-10-16-17(12)11(2)3/h10-11,14,18H,5-9H2,1-4H3. The Morgan fingerprint density at radius 3 is 2.78 bits per heavy atom. The van der Waals surface area contributed by atoms with Crippen molar-refractivity contribution in [1.29, 1.82) is 0 Å². The maximum Gasteiger partial charge on any atom is 0.138 e. The molecule has 1 aromatic rings. The normalized spacial score (nSPS) is 15.0. The van der Waals surface area contributed by atoms with E-state index in [4.69, 9.17) is 0 Å². The largest absolute Gasteiger partial charge is 0.390 e. The lowest BCUT2D eigenvalue weighted by Crippen LogP contribution is -2.33. The summed E-state index contributed by atoms with van der Waals surface area (Å²) in [6.45, 7) is 9.95. The molecule has 18 heavy (non-hydrogen) atoms. The van der Waals surface area contributed by atoms with E-state index in [-0.39, 0.29) is 6.04 Å². The summed E-state index contributed by atoms with van der Waals surface area (Å²) in [4.78, 5) is 4.24. The van der Waals surface area contributed by atoms with Crippen LogP contribution in [-0.4, -0.2) is 38.6 Å². The Morgan fingerprint density at radius 2 is 2.17 bits per heavy atom. The van der Waals surface area contributed by atoms with Crippen molar-refractivity contribution in [1.82, 2.24) is 20.1 Å². The Labute approximate surface area is 110 Å². The number of nitrogens with zero attached hydrogens (tertiary/aromatic N) is 3. The van der Waals surface area contributed by atoms with Crippen LogP contribution in [0.4, 0.5) is 0 Å². The van der Waals surface area contributed by atoms with Crippen molar-refractivity contribution in [2.24, 2.45) is 0 Å². The SMILES string of the molecule is CCCNCCC(C)(O)Cc1ncnn1C(C)C. The number of hydrogen-bond acceptors (Lipinski definition) is 4. The van der Waals surface area contributed by atoms with Crippen molar-refractivity contribution in [3.05, 3.63) is 12.2 Å². The lowest BCUT2D eigenvalue weighted by Gasteiger charge is -2.23. The highest BCUT2D eigenvalue weighted by Gasteiger charge is 2.23. The monoisotopic (exact) mass is 254 g/mol. The van der Waals surface area contributed by atoms with Gasteiger partial charge in [0.2, 0.25) is 0 Å². The Morgan fingerprint density at radius 1 is 1.44 bits per heavy atom. The molecule has 0 amide bonds. The molecule has 0 radical (unpaired) electrons. The van der Waals surface area contributed by atoms with Gasteiger partial charge in [-0.15, -0.1) is 0 Å². The summed E-state index contributed by atoms with van der Waals surface area (Å²) < 4.78 is 1.87. The third-order valence-electron chi connectivity index (χ3n) is 2.94. The number of rotatable bonds is 8. The minimum Gasteiger partial charge on any atom is -0.390 e. The summed E-state index contributed by atoms with van der Waals surface area (Å²) in [6.07, 6.45) is 3.93. The molecule has 0 fully saturated rings. The van der Waals surface area contributed by atoms with Crippen LogP contribution in [0.1, 0.15) is 52.4 Å². The molecule has 5 heteroatoms. The van der Waals surface area contributed by atoms with E-state index in [1.54, 1.807) is 6.33 Å². The molecule has 0 aromatic carbocycles. The number of nitrogens with one attached hydrogen (secondary N) is 1. The fourth-order valence-corrected chi connectivity index (χ4v) is 1.92. The molecule has 0 saturated carbocycles. The van der Waals surface area contributed by atoms with Gasteiger partial charge in [-0.1, -0.05) is 6.92 Å². The average molecular weight is 254 g/mol. The number of aromatic nitrogens is 3. The fraction of sp³-hybridized carbons (Fsp3) is 0.846. The Kier molecular flexibility index (Phi) is 5.75. The molecule has 1 heterocycles. The molecule has 2 N–H and O–H groups in total. The van der Waals surface area contributed by atoms with E-state index >= 15 is 0 Å². The van der Waals surface area contributed by atoms with Gasteiger partial charge in [0.15, 0.2) is 0 Å². The highest BCUT2D eigenvalue weighted by Crippen LogP contribution is 2.16. The van der Waals surface area contributed by atoms with Crippen LogP contribution in [0, 0.1) is 0 Å². The zero-order chi connectivity index (χ0) is 13.6. The van der Waals surface area contributed by atoms with E-state index in [0.717, 1.165) is 31.8 Å². The van der Waals surface area contributed by atoms with E-state index in [1.165, 1.54) is 0 Å². The van der Waals surface area contributed by atoms with Crippen LogP contribution in [0.5, 0.6) is 0 Å². The summed E-state index contributed by atoms with van der Waals surface area (Å²) in [5.74, 6) is 0.852. The average Bonchev–Trinajstić information content (AvgIpc) is 2.72. The first-order valence-corrected chi connectivity index (χ1v) is 6.77. The molecule has 104 valence electrons. The fourth-order valence-electron chi connectivity index (χ4n) is 1.92. The van der Waals surface area contributed by atoms with Crippen LogP contribution in [0.15, 0.2) is 6.33 Å². The maximum absolute atomic E-state index is 10.4. The highest BCUT2D eigenvalue weighted by molar-refractivity contribution is 4.94. The number of hydrogen-bond donors (Lipinski definition) is 2. The van der Waals surface area contributed by atoms with Gasteiger partial charge < -0.3 is 10.4 Å². The Hall–Kier alpha value is -0.940. The van der Waals surface area contributed by atoms with Crippen LogP contribution in [-0.2, 0) is 6.42 Å². The minimum absolute atomic E-state index is 0.275. The van der Waals surface area contributed by atoms with Crippen LogP contribution in [0.3, 0.4) is 0 Å². The molecule has 0 saturated heterocycles. The quantitative estimate of drug-likeness (QED) is 0.691. The second-order valence-corrected chi connectivity index (χ2v) is 5.39. The lowest BCUT2D eigenvalue weighted by molar-refractivity contribution is 0.0482. The van der Waals surface area contributed by atoms with Crippen molar-refractivity contribution in [3.63, 3.8) is 0 Å². The molecule has 1 atom stereocenters. The summed E-state index contributed by atoms with van der Waals surface area (Å²) >= 11 is 0. The third-order valence-corrected chi connectivity index (χ3v) is 2.94. The molecule has 0 bridgehead atoms. The van der Waals surface area contributed by atoms with Crippen molar-refractivity contribution in [2.45, 2.75) is 58.6 Å². The van der Waals surface area contributed by atoms with Gasteiger partial charge in [-0.2, -0.15) is 5.10 Å². The van der Waals surface area contributed by atoms with Gasteiger partial charge in [0.05, 0.1) is 5.60 Å². The van der Waals surface area contributed by atoms with Gasteiger partial charge in [0.25, 0.3) is 0 Å². The number of aliphatic hydroxyl groups is 1. The first-order chi connectivity index (χ1) is 8.46. The van der Waals surface area contributed by atoms with Gasteiger partial charge in [-0.25, -0.2) is 9.67 Å². The van der Waals surface area contributed by atoms with Crippen LogP contribution >= 0.6 is 0 Å². The second kappa shape index (κ2) is 6.85. The van der Waals surface area contributed by atoms with Crippen LogP contribution < -0.4 is 5.32 Å². The first kappa shape index (κ1) is 15.1. The minimum atomic E-state index is -0.736. The van der Waals surface area contributed by atoms with E-state index in [2.05, 4.69) is 36.2 Å². The van der Waals surface area contributed by atoms with Crippen LogP contribution in [0.25, 0.3) is 0 Å². The van der Waals surface area contributed by atoms with Gasteiger partial charge in [-0.3, -0.25) is 0 Å². The van der Waals surface area contributed by atoms with E-state index in [1.807, 2.05) is 11.6 Å². The first-order valence-electron chi connectivity index (χ1n) is 6.77. The zero-order valence-corrected chi connectivity index (χ0v) is 12.0. The van der Waals surface area contributed by atoms with Crippen molar-refractivity contribution in [2.75, 3.05) is 13.1 Å². The summed E-state index contributed by atoms with van der Waals surface area (Å²) in [6, 6.07) is 0.275. The molecule has 5 nitrogen and oxygen atoms in total. The molecule has 1 aromatic heterocycles. The second-order valence-electron chi connectivity index (χ2n) is 5.39. The van der Waals surface area contributed by atoms with Crippen molar-refractivity contribution in [3.8, 4) is 0 Å². The molecule has 0 aliphatic rings. The Balaban J connectivity index is 2.50. The molecular weight excluding hydrogens is 228 g/mol. The highest BCUT2D eigenvalue weighted by atomic mass is 16.3. The molecular formula is C13H26N4O. The molecule has 0 spiro atoms. The summed E-state index contributed by atoms with van der Waals surface area (Å²) in [5.41, 5.74) is -0.736. The van der Waals surface area contributed by atoms with Crippen molar-refractivity contribution >= 4 is 0 Å². The summed E-state index contributed by atoms with van der Waals surface area (Å²) in [5, 5.41) is 17.9. The predicted octanol–water partition coefficient (Wildman–Crippen LogP) is 1.54. The van der Waals surface area contributed by atoms with Gasteiger partial charge >= 0.3 is 0 Å². The molecule has 0 aliphatic carbocycles. The molecule has 0 aliphatic heterocycles.